The second-order valence-corrected chi connectivity index (χ2v) is 3.08. The Hall–Kier alpha value is -1.28. The van der Waals surface area contributed by atoms with Crippen molar-refractivity contribution in [2.24, 2.45) is 0 Å². The molecule has 1 fully saturated rings. The number of carbonyl (C=O) groups is 1. The molecule has 0 aromatic heterocycles. The first kappa shape index (κ1) is 9.81. The monoisotopic (exact) mass is 183 g/mol. The minimum atomic E-state index is 0.0808. The topological polar surface area (TPSA) is 65.4 Å². The predicted octanol–water partition coefficient (Wildman–Crippen LogP) is -0.697. The fourth-order valence-corrected chi connectivity index (χ4v) is 1.61. The lowest BCUT2D eigenvalue weighted by molar-refractivity contribution is -0.110. The number of nitrogens with zero attached hydrogens (tertiary/aromatic N) is 2. The molecule has 0 aromatic rings. The summed E-state index contributed by atoms with van der Waals surface area (Å²) in [4.78, 5) is 11.8. The summed E-state index contributed by atoms with van der Waals surface area (Å²) in [5.41, 5.74) is 0. The van der Waals surface area contributed by atoms with Crippen molar-refractivity contribution in [2.75, 3.05) is 20.3 Å². The Morgan fingerprint density at radius 1 is 1.85 bits per heavy atom. The third-order valence-corrected chi connectivity index (χ3v) is 2.21. The van der Waals surface area contributed by atoms with E-state index >= 15 is 0 Å². The smallest absolute Gasteiger partial charge is 0.207 e. The zero-order chi connectivity index (χ0) is 9.68. The van der Waals surface area contributed by atoms with Crippen LogP contribution in [0.5, 0.6) is 0 Å². The number of hydrogen-bond donors (Lipinski definition) is 1. The number of hydrogen-bond acceptors (Lipinski definition) is 4. The maximum absolute atomic E-state index is 10.2. The van der Waals surface area contributed by atoms with E-state index in [1.54, 1.807) is 12.0 Å². The van der Waals surface area contributed by atoms with Crippen molar-refractivity contribution in [3.63, 3.8) is 0 Å². The average Bonchev–Trinajstić information content (AvgIpc) is 2.49. The standard InChI is InChI=1S/C8H13N3O2/c1-13-4-8-2-7(10-6-12)3-11(8)5-9/h6-8H,2-4H2,1H3,(H,10,12). The first-order valence-corrected chi connectivity index (χ1v) is 4.16. The number of rotatable bonds is 4. The first-order valence-electron chi connectivity index (χ1n) is 4.16. The quantitative estimate of drug-likeness (QED) is 0.462. The molecule has 2 atom stereocenters. The van der Waals surface area contributed by atoms with E-state index in [1.165, 1.54) is 0 Å². The van der Waals surface area contributed by atoms with E-state index in [0.717, 1.165) is 6.42 Å². The van der Waals surface area contributed by atoms with Crippen LogP contribution in [0, 0.1) is 11.5 Å². The molecule has 1 aliphatic heterocycles. The van der Waals surface area contributed by atoms with E-state index in [4.69, 9.17) is 10.00 Å². The molecule has 0 aliphatic carbocycles. The Morgan fingerprint density at radius 3 is 3.15 bits per heavy atom. The van der Waals surface area contributed by atoms with E-state index in [9.17, 15) is 4.79 Å². The zero-order valence-electron chi connectivity index (χ0n) is 7.56. The maximum Gasteiger partial charge on any atom is 0.207 e. The van der Waals surface area contributed by atoms with Crippen LogP contribution < -0.4 is 5.32 Å². The van der Waals surface area contributed by atoms with Crippen LogP contribution in [0.15, 0.2) is 0 Å². The Labute approximate surface area is 77.3 Å². The summed E-state index contributed by atoms with van der Waals surface area (Å²) in [5, 5.41) is 11.4. The van der Waals surface area contributed by atoms with Crippen LogP contribution in [-0.4, -0.2) is 43.7 Å². The highest BCUT2D eigenvalue weighted by atomic mass is 16.5. The molecule has 1 saturated heterocycles. The van der Waals surface area contributed by atoms with Crippen molar-refractivity contribution in [1.82, 2.24) is 10.2 Å². The van der Waals surface area contributed by atoms with Gasteiger partial charge in [-0.1, -0.05) is 0 Å². The number of amides is 1. The molecule has 0 radical (unpaired) electrons. The lowest BCUT2D eigenvalue weighted by Gasteiger charge is -2.15. The minimum absolute atomic E-state index is 0.0808. The summed E-state index contributed by atoms with van der Waals surface area (Å²) >= 11 is 0. The summed E-state index contributed by atoms with van der Waals surface area (Å²) in [7, 11) is 1.61. The molecule has 0 spiro atoms. The fraction of sp³-hybridized carbons (Fsp3) is 0.750. The van der Waals surface area contributed by atoms with Crippen molar-refractivity contribution in [2.45, 2.75) is 18.5 Å². The highest BCUT2D eigenvalue weighted by Gasteiger charge is 2.30. The van der Waals surface area contributed by atoms with Gasteiger partial charge >= 0.3 is 0 Å². The lowest BCUT2D eigenvalue weighted by Crippen LogP contribution is -2.30. The molecule has 0 bridgehead atoms. The van der Waals surface area contributed by atoms with Crippen molar-refractivity contribution >= 4 is 6.41 Å². The molecule has 1 N–H and O–H groups in total. The van der Waals surface area contributed by atoms with Gasteiger partial charge in [-0.25, -0.2) is 0 Å². The molecule has 2 unspecified atom stereocenters. The number of methoxy groups -OCH3 is 1. The number of ether oxygens (including phenoxy) is 1. The van der Waals surface area contributed by atoms with Crippen LogP contribution in [0.4, 0.5) is 0 Å². The number of carbonyl (C=O) groups excluding carboxylic acids is 1. The van der Waals surface area contributed by atoms with Gasteiger partial charge in [0.1, 0.15) is 0 Å². The van der Waals surface area contributed by atoms with Gasteiger partial charge in [-0.2, -0.15) is 5.26 Å². The van der Waals surface area contributed by atoms with Crippen LogP contribution in [0.1, 0.15) is 6.42 Å². The van der Waals surface area contributed by atoms with E-state index in [-0.39, 0.29) is 12.1 Å². The molecule has 1 heterocycles. The van der Waals surface area contributed by atoms with Crippen LogP contribution >= 0.6 is 0 Å². The van der Waals surface area contributed by atoms with Crippen LogP contribution in [-0.2, 0) is 9.53 Å². The molecule has 5 nitrogen and oxygen atoms in total. The van der Waals surface area contributed by atoms with Gasteiger partial charge in [0.2, 0.25) is 6.41 Å². The van der Waals surface area contributed by atoms with Gasteiger partial charge in [-0.3, -0.25) is 4.79 Å². The number of likely N-dealkylation sites (tertiary alicyclic amines) is 1. The Bertz CT molecular complexity index is 214. The Kier molecular flexibility index (Phi) is 3.53. The molecule has 5 heteroatoms. The van der Waals surface area contributed by atoms with Gasteiger partial charge in [-0.05, 0) is 6.42 Å². The van der Waals surface area contributed by atoms with Gasteiger partial charge in [0.15, 0.2) is 6.19 Å². The molecular formula is C8H13N3O2. The highest BCUT2D eigenvalue weighted by Crippen LogP contribution is 2.16. The predicted molar refractivity (Wildman–Crippen MR) is 45.6 cm³/mol. The molecule has 13 heavy (non-hydrogen) atoms. The van der Waals surface area contributed by atoms with Crippen LogP contribution in [0.2, 0.25) is 0 Å². The van der Waals surface area contributed by atoms with Gasteiger partial charge in [0, 0.05) is 19.7 Å². The third-order valence-electron chi connectivity index (χ3n) is 2.21. The van der Waals surface area contributed by atoms with Crippen molar-refractivity contribution in [1.29, 1.82) is 5.26 Å². The molecule has 0 saturated carbocycles. The fourth-order valence-electron chi connectivity index (χ4n) is 1.61. The minimum Gasteiger partial charge on any atom is -0.383 e. The summed E-state index contributed by atoms with van der Waals surface area (Å²) in [5.74, 6) is 0. The number of nitrogens with one attached hydrogen (secondary N) is 1. The Morgan fingerprint density at radius 2 is 2.62 bits per heavy atom. The van der Waals surface area contributed by atoms with Gasteiger partial charge in [0.05, 0.1) is 12.6 Å². The second kappa shape index (κ2) is 4.67. The van der Waals surface area contributed by atoms with Crippen molar-refractivity contribution in [3.8, 4) is 6.19 Å². The van der Waals surface area contributed by atoms with E-state index < -0.39 is 0 Å². The molecule has 1 amide bonds. The molecule has 1 aliphatic rings. The van der Waals surface area contributed by atoms with E-state index in [0.29, 0.717) is 19.6 Å². The van der Waals surface area contributed by atoms with E-state index in [1.807, 2.05) is 0 Å². The molecular weight excluding hydrogens is 170 g/mol. The molecule has 0 aromatic carbocycles. The lowest BCUT2D eigenvalue weighted by atomic mass is 10.2. The summed E-state index contributed by atoms with van der Waals surface area (Å²) in [6.45, 7) is 1.12. The largest absolute Gasteiger partial charge is 0.383 e. The summed E-state index contributed by atoms with van der Waals surface area (Å²) in [6.07, 6.45) is 3.54. The zero-order valence-corrected chi connectivity index (χ0v) is 7.56. The van der Waals surface area contributed by atoms with Gasteiger partial charge in [0.25, 0.3) is 0 Å². The molecule has 1 rings (SSSR count). The number of nitriles is 1. The van der Waals surface area contributed by atoms with Crippen molar-refractivity contribution < 1.29 is 9.53 Å². The second-order valence-electron chi connectivity index (χ2n) is 3.08. The SMILES string of the molecule is COCC1CC(NC=O)CN1C#N. The average molecular weight is 183 g/mol. The normalized spacial score (nSPS) is 26.9. The summed E-state index contributed by atoms with van der Waals surface area (Å²) < 4.78 is 4.98. The Balaban J connectivity index is 2.46. The van der Waals surface area contributed by atoms with Gasteiger partial charge in [-0.15, -0.1) is 0 Å². The highest BCUT2D eigenvalue weighted by molar-refractivity contribution is 5.46. The maximum atomic E-state index is 10.2. The third kappa shape index (κ3) is 2.33. The van der Waals surface area contributed by atoms with Crippen LogP contribution in [0.3, 0.4) is 0 Å². The summed E-state index contributed by atoms with van der Waals surface area (Å²) in [6, 6.07) is 0.185. The van der Waals surface area contributed by atoms with Crippen molar-refractivity contribution in [3.05, 3.63) is 0 Å². The van der Waals surface area contributed by atoms with Crippen LogP contribution in [0.25, 0.3) is 0 Å². The molecule has 72 valence electrons. The van der Waals surface area contributed by atoms with E-state index in [2.05, 4.69) is 11.5 Å². The van der Waals surface area contributed by atoms with Gasteiger partial charge < -0.3 is 15.0 Å². The first-order chi connectivity index (χ1) is 6.31.